The predicted octanol–water partition coefficient (Wildman–Crippen LogP) is 2.81. The van der Waals surface area contributed by atoms with Gasteiger partial charge in [-0.05, 0) is 24.3 Å². The number of nitrogens with two attached hydrogens (primary N) is 1. The molecule has 2 aromatic rings. The Kier molecular flexibility index (Phi) is 5.04. The van der Waals surface area contributed by atoms with E-state index in [9.17, 15) is 4.79 Å². The molecule has 0 radical (unpaired) electrons. The average Bonchev–Trinajstić information content (AvgIpc) is 2.47. The molecule has 0 saturated heterocycles. The van der Waals surface area contributed by atoms with Crippen LogP contribution in [0.1, 0.15) is 16.8 Å². The van der Waals surface area contributed by atoms with Crippen molar-refractivity contribution in [1.29, 1.82) is 0 Å². The van der Waals surface area contributed by atoms with Crippen LogP contribution in [0.2, 0.25) is 0 Å². The van der Waals surface area contributed by atoms with Gasteiger partial charge >= 0.3 is 5.97 Å². The molecule has 110 valence electrons. The van der Waals surface area contributed by atoms with E-state index >= 15 is 0 Å². The highest BCUT2D eigenvalue weighted by Crippen LogP contribution is 2.24. The molecular weight excluding hydrogens is 270 g/mol. The van der Waals surface area contributed by atoms with Gasteiger partial charge in [-0.25, -0.2) is 4.79 Å². The summed E-state index contributed by atoms with van der Waals surface area (Å²) in [5.74, 6) is -0.0153. The summed E-state index contributed by atoms with van der Waals surface area (Å²) in [5.41, 5.74) is 5.84. The summed E-state index contributed by atoms with van der Waals surface area (Å²) in [4.78, 5) is 11.1. The second-order valence-corrected chi connectivity index (χ2v) is 4.39. The number of carboxylic acids is 1. The minimum atomic E-state index is -1.09. The van der Waals surface area contributed by atoms with Crippen molar-refractivity contribution in [2.45, 2.75) is 6.42 Å². The van der Waals surface area contributed by atoms with Crippen LogP contribution in [0, 0.1) is 0 Å². The monoisotopic (exact) mass is 287 g/mol. The zero-order chi connectivity index (χ0) is 15.1. The first kappa shape index (κ1) is 14.7. The lowest BCUT2D eigenvalue weighted by Crippen LogP contribution is -2.09. The summed E-state index contributed by atoms with van der Waals surface area (Å²) in [6, 6.07) is 14.3. The fraction of sp³-hybridized carbons (Fsp3) is 0.188. The summed E-state index contributed by atoms with van der Waals surface area (Å²) < 4.78 is 11.0. The molecule has 0 aliphatic carbocycles. The summed E-state index contributed by atoms with van der Waals surface area (Å²) in [6.07, 6.45) is 0.642. The van der Waals surface area contributed by atoms with Crippen molar-refractivity contribution < 1.29 is 19.4 Å². The third-order valence-electron chi connectivity index (χ3n) is 2.83. The van der Waals surface area contributed by atoms with Crippen molar-refractivity contribution in [2.75, 3.05) is 18.9 Å². The molecule has 0 aliphatic rings. The van der Waals surface area contributed by atoms with Crippen molar-refractivity contribution in [2.24, 2.45) is 0 Å². The lowest BCUT2D eigenvalue weighted by molar-refractivity contribution is 0.0693. The first-order valence-electron chi connectivity index (χ1n) is 6.61. The zero-order valence-electron chi connectivity index (χ0n) is 11.5. The standard InChI is InChI=1S/C16H17NO4/c17-13-8-4-9-14(15(13)16(18)19)21-11-5-10-20-12-6-2-1-3-7-12/h1-4,6-9H,5,10-11,17H2,(H,18,19). The third kappa shape index (κ3) is 4.14. The Morgan fingerprint density at radius 3 is 2.43 bits per heavy atom. The van der Waals surface area contributed by atoms with Gasteiger partial charge in [0.25, 0.3) is 0 Å². The molecule has 0 heterocycles. The first-order valence-corrected chi connectivity index (χ1v) is 6.61. The van der Waals surface area contributed by atoms with Gasteiger partial charge in [0.1, 0.15) is 17.1 Å². The van der Waals surface area contributed by atoms with E-state index in [4.69, 9.17) is 20.3 Å². The van der Waals surface area contributed by atoms with Crippen molar-refractivity contribution in [1.82, 2.24) is 0 Å². The molecule has 0 unspecified atom stereocenters. The van der Waals surface area contributed by atoms with E-state index in [1.807, 2.05) is 30.3 Å². The fourth-order valence-electron chi connectivity index (χ4n) is 1.85. The largest absolute Gasteiger partial charge is 0.493 e. The molecule has 0 fully saturated rings. The van der Waals surface area contributed by atoms with E-state index in [1.165, 1.54) is 6.07 Å². The van der Waals surface area contributed by atoms with Gasteiger partial charge in [-0.2, -0.15) is 0 Å². The Morgan fingerprint density at radius 2 is 1.71 bits per heavy atom. The molecule has 0 atom stereocenters. The summed E-state index contributed by atoms with van der Waals surface area (Å²) >= 11 is 0. The lowest BCUT2D eigenvalue weighted by atomic mass is 10.1. The molecule has 2 aromatic carbocycles. The van der Waals surface area contributed by atoms with Crippen LogP contribution in [-0.4, -0.2) is 24.3 Å². The van der Waals surface area contributed by atoms with E-state index < -0.39 is 5.97 Å². The van der Waals surface area contributed by atoms with Crippen LogP contribution >= 0.6 is 0 Å². The molecule has 0 bridgehead atoms. The molecule has 0 spiro atoms. The topological polar surface area (TPSA) is 81.8 Å². The number of nitrogen functional groups attached to an aromatic ring is 1. The molecule has 0 aromatic heterocycles. The highest BCUT2D eigenvalue weighted by atomic mass is 16.5. The normalized spacial score (nSPS) is 10.1. The number of anilines is 1. The SMILES string of the molecule is Nc1cccc(OCCCOc2ccccc2)c1C(=O)O. The van der Waals surface area contributed by atoms with Gasteiger partial charge in [-0.15, -0.1) is 0 Å². The number of para-hydroxylation sites is 1. The Hall–Kier alpha value is -2.69. The maximum Gasteiger partial charge on any atom is 0.341 e. The first-order chi connectivity index (χ1) is 10.2. The number of hydrogen-bond acceptors (Lipinski definition) is 4. The lowest BCUT2D eigenvalue weighted by Gasteiger charge is -2.11. The quantitative estimate of drug-likeness (QED) is 0.604. The van der Waals surface area contributed by atoms with Crippen LogP contribution in [0.3, 0.4) is 0 Å². The molecule has 0 aliphatic heterocycles. The van der Waals surface area contributed by atoms with Crippen LogP contribution in [0.4, 0.5) is 5.69 Å². The van der Waals surface area contributed by atoms with Crippen LogP contribution in [0.5, 0.6) is 11.5 Å². The van der Waals surface area contributed by atoms with E-state index in [2.05, 4.69) is 0 Å². The highest BCUT2D eigenvalue weighted by Gasteiger charge is 2.14. The van der Waals surface area contributed by atoms with Gasteiger partial charge in [-0.1, -0.05) is 24.3 Å². The number of rotatable bonds is 7. The maximum atomic E-state index is 11.1. The fourth-order valence-corrected chi connectivity index (χ4v) is 1.85. The van der Waals surface area contributed by atoms with Crippen LogP contribution in [-0.2, 0) is 0 Å². The molecule has 2 rings (SSSR count). The summed E-state index contributed by atoms with van der Waals surface area (Å²) in [5, 5.41) is 9.11. The highest BCUT2D eigenvalue weighted by molar-refractivity contribution is 5.96. The molecule has 3 N–H and O–H groups in total. The Balaban J connectivity index is 1.81. The Labute approximate surface area is 122 Å². The third-order valence-corrected chi connectivity index (χ3v) is 2.83. The van der Waals surface area contributed by atoms with Crippen LogP contribution in [0.15, 0.2) is 48.5 Å². The smallest absolute Gasteiger partial charge is 0.341 e. The summed E-state index contributed by atoms with van der Waals surface area (Å²) in [7, 11) is 0. The Bertz CT molecular complexity index is 598. The van der Waals surface area contributed by atoms with Crippen molar-refractivity contribution >= 4 is 11.7 Å². The van der Waals surface area contributed by atoms with Gasteiger partial charge in [-0.3, -0.25) is 0 Å². The van der Waals surface area contributed by atoms with E-state index in [-0.39, 0.29) is 17.0 Å². The number of carboxylic acid groups (broad SMARTS) is 1. The molecule has 0 saturated carbocycles. The molecule has 0 amide bonds. The zero-order valence-corrected chi connectivity index (χ0v) is 11.5. The van der Waals surface area contributed by atoms with Crippen molar-refractivity contribution in [3.63, 3.8) is 0 Å². The van der Waals surface area contributed by atoms with E-state index in [0.29, 0.717) is 19.6 Å². The Morgan fingerprint density at radius 1 is 1.00 bits per heavy atom. The van der Waals surface area contributed by atoms with Gasteiger partial charge in [0, 0.05) is 12.1 Å². The van der Waals surface area contributed by atoms with Crippen LogP contribution < -0.4 is 15.2 Å². The minimum Gasteiger partial charge on any atom is -0.493 e. The number of aromatic carboxylic acids is 1. The average molecular weight is 287 g/mol. The molecule has 21 heavy (non-hydrogen) atoms. The summed E-state index contributed by atoms with van der Waals surface area (Å²) in [6.45, 7) is 0.852. The van der Waals surface area contributed by atoms with E-state index in [0.717, 1.165) is 5.75 Å². The minimum absolute atomic E-state index is 0.00137. The van der Waals surface area contributed by atoms with E-state index in [1.54, 1.807) is 12.1 Å². The van der Waals surface area contributed by atoms with Crippen molar-refractivity contribution in [3.8, 4) is 11.5 Å². The number of hydrogen-bond donors (Lipinski definition) is 2. The molecule has 5 nitrogen and oxygen atoms in total. The van der Waals surface area contributed by atoms with Gasteiger partial charge < -0.3 is 20.3 Å². The second-order valence-electron chi connectivity index (χ2n) is 4.39. The number of carbonyl (C=O) groups is 1. The van der Waals surface area contributed by atoms with Gasteiger partial charge in [0.2, 0.25) is 0 Å². The van der Waals surface area contributed by atoms with Crippen molar-refractivity contribution in [3.05, 3.63) is 54.1 Å². The van der Waals surface area contributed by atoms with Crippen LogP contribution in [0.25, 0.3) is 0 Å². The predicted molar refractivity (Wildman–Crippen MR) is 79.9 cm³/mol. The molecular formula is C16H17NO4. The maximum absolute atomic E-state index is 11.1. The van der Waals surface area contributed by atoms with Gasteiger partial charge in [0.15, 0.2) is 0 Å². The molecule has 5 heteroatoms. The number of benzene rings is 2. The number of ether oxygens (including phenoxy) is 2. The van der Waals surface area contributed by atoms with Gasteiger partial charge in [0.05, 0.1) is 13.2 Å². The second kappa shape index (κ2) is 7.19.